The summed E-state index contributed by atoms with van der Waals surface area (Å²) in [5.41, 5.74) is 1.20. The SMILES string of the molecule is C=C/C=C(\C=C/C)COC(=O)NC(CCC(=O)OCC(C)OCC(C)OC)C(=O)OCc1ccccc1.CC(C)(CO)CO. The minimum Gasteiger partial charge on any atom is -0.463 e. The lowest BCUT2D eigenvalue weighted by atomic mass is 9.97. The summed E-state index contributed by atoms with van der Waals surface area (Å²) >= 11 is 0. The summed E-state index contributed by atoms with van der Waals surface area (Å²) in [6.45, 7) is 13.2. The van der Waals surface area contributed by atoms with Gasteiger partial charge in [0.05, 0.1) is 32.0 Å². The van der Waals surface area contributed by atoms with Crippen LogP contribution in [0.2, 0.25) is 0 Å². The van der Waals surface area contributed by atoms with E-state index in [1.54, 1.807) is 52.2 Å². The zero-order valence-electron chi connectivity index (χ0n) is 27.0. The molecule has 0 heterocycles. The van der Waals surface area contributed by atoms with E-state index in [4.69, 9.17) is 33.9 Å². The van der Waals surface area contributed by atoms with Crippen LogP contribution in [0.15, 0.2) is 66.8 Å². The first kappa shape index (κ1) is 40.5. The maximum absolute atomic E-state index is 12.7. The maximum atomic E-state index is 12.7. The molecular formula is C33H51NO10. The van der Waals surface area contributed by atoms with Gasteiger partial charge >= 0.3 is 18.0 Å². The number of carbonyl (C=O) groups excluding carboxylic acids is 3. The van der Waals surface area contributed by atoms with Crippen molar-refractivity contribution in [2.45, 2.75) is 72.3 Å². The Balaban J connectivity index is 0.00000234. The van der Waals surface area contributed by atoms with Crippen molar-refractivity contribution in [1.82, 2.24) is 5.32 Å². The van der Waals surface area contributed by atoms with Crippen molar-refractivity contribution < 1.29 is 48.3 Å². The van der Waals surface area contributed by atoms with Crippen LogP contribution in [0, 0.1) is 5.41 Å². The van der Waals surface area contributed by atoms with Gasteiger partial charge < -0.3 is 39.2 Å². The Morgan fingerprint density at radius 3 is 2.20 bits per heavy atom. The predicted octanol–water partition coefficient (Wildman–Crippen LogP) is 4.27. The maximum Gasteiger partial charge on any atom is 0.408 e. The van der Waals surface area contributed by atoms with Crippen LogP contribution in [0.5, 0.6) is 0 Å². The van der Waals surface area contributed by atoms with Crippen molar-refractivity contribution in [1.29, 1.82) is 0 Å². The topological polar surface area (TPSA) is 150 Å². The van der Waals surface area contributed by atoms with Crippen molar-refractivity contribution >= 4 is 18.0 Å². The lowest BCUT2D eigenvalue weighted by molar-refractivity contribution is -0.150. The number of alkyl carbamates (subject to hydrolysis) is 1. The number of ether oxygens (including phenoxy) is 5. The lowest BCUT2D eigenvalue weighted by Gasteiger charge is -2.18. The van der Waals surface area contributed by atoms with E-state index in [9.17, 15) is 14.4 Å². The minimum absolute atomic E-state index is 0.0183. The van der Waals surface area contributed by atoms with E-state index in [-0.39, 0.29) is 63.5 Å². The highest BCUT2D eigenvalue weighted by Gasteiger charge is 2.25. The van der Waals surface area contributed by atoms with Crippen molar-refractivity contribution in [3.63, 3.8) is 0 Å². The molecule has 0 fully saturated rings. The molecule has 0 spiro atoms. The smallest absolute Gasteiger partial charge is 0.408 e. The molecule has 0 radical (unpaired) electrons. The fourth-order valence-corrected chi connectivity index (χ4v) is 2.94. The summed E-state index contributed by atoms with van der Waals surface area (Å²) in [6.07, 6.45) is 5.50. The molecule has 3 atom stereocenters. The molecule has 0 bridgehead atoms. The molecule has 0 aliphatic carbocycles. The van der Waals surface area contributed by atoms with Crippen molar-refractivity contribution in [2.75, 3.05) is 40.1 Å². The Morgan fingerprint density at radius 2 is 1.66 bits per heavy atom. The van der Waals surface area contributed by atoms with Gasteiger partial charge in [-0.2, -0.15) is 0 Å². The third-order valence-corrected chi connectivity index (χ3v) is 5.87. The number of carbonyl (C=O) groups is 3. The molecule has 1 rings (SSSR count). The van der Waals surface area contributed by atoms with Crippen LogP contribution in [0.25, 0.3) is 0 Å². The normalized spacial score (nSPS) is 13.6. The molecule has 0 saturated heterocycles. The summed E-state index contributed by atoms with van der Waals surface area (Å²) in [7, 11) is 1.59. The highest BCUT2D eigenvalue weighted by molar-refractivity contribution is 5.82. The number of benzene rings is 1. The quantitative estimate of drug-likeness (QED) is 0.116. The molecule has 0 aliphatic rings. The van der Waals surface area contributed by atoms with Crippen LogP contribution >= 0.6 is 0 Å². The van der Waals surface area contributed by atoms with Crippen LogP contribution < -0.4 is 5.32 Å². The molecule has 3 N–H and O–H groups in total. The third-order valence-electron chi connectivity index (χ3n) is 5.87. The Bertz CT molecular complexity index is 1020. The van der Waals surface area contributed by atoms with Crippen LogP contribution in [0.3, 0.4) is 0 Å². The molecule has 3 unspecified atom stereocenters. The fraction of sp³-hybridized carbons (Fsp3) is 0.545. The van der Waals surface area contributed by atoms with Crippen molar-refractivity contribution in [3.8, 4) is 0 Å². The van der Waals surface area contributed by atoms with E-state index < -0.39 is 24.1 Å². The zero-order valence-corrected chi connectivity index (χ0v) is 27.0. The van der Waals surface area contributed by atoms with Gasteiger partial charge in [0, 0.05) is 18.9 Å². The highest BCUT2D eigenvalue weighted by atomic mass is 16.6. The molecule has 0 saturated carbocycles. The number of hydrogen-bond acceptors (Lipinski definition) is 10. The number of amides is 1. The van der Waals surface area contributed by atoms with Crippen molar-refractivity contribution in [3.05, 3.63) is 72.4 Å². The third kappa shape index (κ3) is 20.4. The highest BCUT2D eigenvalue weighted by Crippen LogP contribution is 2.10. The second-order valence-electron chi connectivity index (χ2n) is 10.7. The molecule has 0 aliphatic heterocycles. The molecule has 1 aromatic carbocycles. The molecule has 11 heteroatoms. The van der Waals surface area contributed by atoms with Gasteiger partial charge in [-0.15, -0.1) is 0 Å². The van der Waals surface area contributed by atoms with Crippen molar-refractivity contribution in [2.24, 2.45) is 5.41 Å². The van der Waals surface area contributed by atoms with Gasteiger partial charge in [-0.3, -0.25) is 4.79 Å². The second kappa shape index (κ2) is 23.9. The summed E-state index contributed by atoms with van der Waals surface area (Å²) < 4.78 is 26.5. The Kier molecular flexibility index (Phi) is 22.0. The predicted molar refractivity (Wildman–Crippen MR) is 168 cm³/mol. The summed E-state index contributed by atoms with van der Waals surface area (Å²) in [5, 5.41) is 19.4. The average Bonchev–Trinajstić information content (AvgIpc) is 3.03. The molecule has 1 amide bonds. The van der Waals surface area contributed by atoms with Gasteiger partial charge in [0.25, 0.3) is 0 Å². The number of rotatable bonds is 19. The standard InChI is InChI=1S/C28H39NO8.C5H12O2/c1-6-11-23(12-7-2)20-37-28(32)29-25(27(31)36-19-24-13-9-8-10-14-24)15-16-26(30)35-18-22(4)34-17-21(3)33-5;1-5(2,3-6)4-7/h6-14,21-22,25H,1,15-20H2,2-5H3,(H,29,32);6-7H,3-4H2,1-2H3/b12-7-,23-11+;. The molecule has 11 nitrogen and oxygen atoms in total. The van der Waals surface area contributed by atoms with Gasteiger partial charge in [-0.1, -0.05) is 75.1 Å². The first-order chi connectivity index (χ1) is 20.9. The summed E-state index contributed by atoms with van der Waals surface area (Å²) in [5.74, 6) is -1.22. The number of hydrogen-bond donors (Lipinski definition) is 3. The van der Waals surface area contributed by atoms with Gasteiger partial charge in [-0.05, 0) is 38.3 Å². The molecule has 248 valence electrons. The van der Waals surface area contributed by atoms with E-state index in [1.807, 2.05) is 44.2 Å². The van der Waals surface area contributed by atoms with Gasteiger partial charge in [-0.25, -0.2) is 9.59 Å². The summed E-state index contributed by atoms with van der Waals surface area (Å²) in [6, 6.07) is 8.02. The summed E-state index contributed by atoms with van der Waals surface area (Å²) in [4.78, 5) is 37.4. The first-order valence-corrected chi connectivity index (χ1v) is 14.5. The van der Waals surface area contributed by atoms with Crippen LogP contribution in [0.1, 0.15) is 53.0 Å². The lowest BCUT2D eigenvalue weighted by Crippen LogP contribution is -2.42. The number of esters is 2. The Labute approximate surface area is 261 Å². The molecule has 44 heavy (non-hydrogen) atoms. The molecule has 1 aromatic rings. The monoisotopic (exact) mass is 621 g/mol. The van der Waals surface area contributed by atoms with E-state index in [0.29, 0.717) is 6.61 Å². The molecular weight excluding hydrogens is 570 g/mol. The average molecular weight is 622 g/mol. The van der Waals surface area contributed by atoms with Crippen LogP contribution in [0.4, 0.5) is 4.79 Å². The minimum atomic E-state index is -1.10. The van der Waals surface area contributed by atoms with Crippen LogP contribution in [-0.4, -0.2) is 86.6 Å². The van der Waals surface area contributed by atoms with Gasteiger partial charge in [0.2, 0.25) is 0 Å². The van der Waals surface area contributed by atoms with Gasteiger partial charge in [0.1, 0.15) is 25.9 Å². The number of aliphatic hydroxyl groups is 2. The fourth-order valence-electron chi connectivity index (χ4n) is 2.94. The van der Waals surface area contributed by atoms with E-state index >= 15 is 0 Å². The van der Waals surface area contributed by atoms with Gasteiger partial charge in [0.15, 0.2) is 0 Å². The first-order valence-electron chi connectivity index (χ1n) is 14.5. The van der Waals surface area contributed by atoms with E-state index in [1.165, 1.54) is 0 Å². The van der Waals surface area contributed by atoms with E-state index in [2.05, 4.69) is 11.9 Å². The largest absolute Gasteiger partial charge is 0.463 e. The molecule has 0 aromatic heterocycles. The zero-order chi connectivity index (χ0) is 33.4. The second-order valence-corrected chi connectivity index (χ2v) is 10.7. The number of aliphatic hydroxyl groups excluding tert-OH is 2. The van der Waals surface area contributed by atoms with Crippen LogP contribution in [-0.2, 0) is 39.9 Å². The number of allylic oxidation sites excluding steroid dienone is 3. The van der Waals surface area contributed by atoms with E-state index in [0.717, 1.165) is 11.1 Å². The Hall–Kier alpha value is -3.51. The number of methoxy groups -OCH3 is 1. The Morgan fingerprint density at radius 1 is 1.00 bits per heavy atom. The number of nitrogens with one attached hydrogen (secondary N) is 1.